The summed E-state index contributed by atoms with van der Waals surface area (Å²) >= 11 is 3.41. The first kappa shape index (κ1) is 17.0. The number of para-hydroxylation sites is 1. The highest BCUT2D eigenvalue weighted by Gasteiger charge is 2.22. The van der Waals surface area contributed by atoms with Crippen molar-refractivity contribution in [2.45, 2.75) is 0 Å². The number of halogens is 1. The molecule has 1 amide bonds. The van der Waals surface area contributed by atoms with E-state index in [1.807, 2.05) is 53.4 Å². The van der Waals surface area contributed by atoms with E-state index < -0.39 is 0 Å². The van der Waals surface area contributed by atoms with Gasteiger partial charge in [0, 0.05) is 29.0 Å². The summed E-state index contributed by atoms with van der Waals surface area (Å²) in [5, 5.41) is 0.826. The van der Waals surface area contributed by atoms with Crippen molar-refractivity contribution < 1.29 is 14.3 Å². The van der Waals surface area contributed by atoms with Gasteiger partial charge in [0.2, 0.25) is 5.88 Å². The minimum atomic E-state index is -0.0208. The molecule has 1 aliphatic rings. The Morgan fingerprint density at radius 2 is 1.81 bits per heavy atom. The third kappa shape index (κ3) is 3.57. The average molecular weight is 413 g/mol. The van der Waals surface area contributed by atoms with Gasteiger partial charge in [0.15, 0.2) is 0 Å². The van der Waals surface area contributed by atoms with Crippen LogP contribution in [0.3, 0.4) is 0 Å². The maximum atomic E-state index is 13.0. The molecular weight excluding hydrogens is 396 g/mol. The smallest absolute Gasteiger partial charge is 0.254 e. The van der Waals surface area contributed by atoms with Crippen LogP contribution in [0.2, 0.25) is 0 Å². The summed E-state index contributed by atoms with van der Waals surface area (Å²) in [6, 6.07) is 16.8. The van der Waals surface area contributed by atoms with Gasteiger partial charge >= 0.3 is 0 Å². The van der Waals surface area contributed by atoms with Gasteiger partial charge in [-0.25, -0.2) is 4.98 Å². The van der Waals surface area contributed by atoms with Crippen molar-refractivity contribution in [3.05, 3.63) is 64.6 Å². The van der Waals surface area contributed by atoms with Crippen molar-refractivity contribution in [3.63, 3.8) is 0 Å². The summed E-state index contributed by atoms with van der Waals surface area (Å²) in [7, 11) is 0. The number of ether oxygens (including phenoxy) is 2. The highest BCUT2D eigenvalue weighted by atomic mass is 79.9. The number of benzene rings is 2. The molecule has 2 aromatic carbocycles. The molecule has 1 saturated heterocycles. The number of hydrogen-bond donors (Lipinski definition) is 0. The number of amides is 1. The van der Waals surface area contributed by atoms with Gasteiger partial charge in [-0.1, -0.05) is 34.1 Å². The molecule has 0 unspecified atom stereocenters. The van der Waals surface area contributed by atoms with Gasteiger partial charge in [0.05, 0.1) is 24.3 Å². The molecule has 5 nitrogen and oxygen atoms in total. The number of rotatable bonds is 3. The van der Waals surface area contributed by atoms with Crippen molar-refractivity contribution in [2.75, 3.05) is 26.3 Å². The quantitative estimate of drug-likeness (QED) is 0.644. The number of carbonyl (C=O) groups excluding carboxylic acids is 1. The second-order valence-corrected chi connectivity index (χ2v) is 6.90. The SMILES string of the molecule is O=C(c1cc(Oc2ccc(Br)cc2)nc2ccccc12)N1CCOCC1. The second kappa shape index (κ2) is 7.43. The molecule has 1 aromatic heterocycles. The highest BCUT2D eigenvalue weighted by Crippen LogP contribution is 2.27. The second-order valence-electron chi connectivity index (χ2n) is 5.99. The third-order valence-electron chi connectivity index (χ3n) is 4.26. The predicted molar refractivity (Wildman–Crippen MR) is 103 cm³/mol. The number of carbonyl (C=O) groups is 1. The summed E-state index contributed by atoms with van der Waals surface area (Å²) in [5.41, 5.74) is 1.34. The van der Waals surface area contributed by atoms with Crippen LogP contribution in [0.4, 0.5) is 0 Å². The molecule has 132 valence electrons. The Balaban J connectivity index is 1.72. The van der Waals surface area contributed by atoms with Crippen molar-refractivity contribution in [2.24, 2.45) is 0 Å². The van der Waals surface area contributed by atoms with Crippen LogP contribution in [0.1, 0.15) is 10.4 Å². The molecule has 4 rings (SSSR count). The molecule has 0 atom stereocenters. The number of morpholine rings is 1. The van der Waals surface area contributed by atoms with Crippen LogP contribution in [0.5, 0.6) is 11.6 Å². The number of hydrogen-bond acceptors (Lipinski definition) is 4. The van der Waals surface area contributed by atoms with E-state index in [2.05, 4.69) is 20.9 Å². The first-order valence-electron chi connectivity index (χ1n) is 8.41. The Morgan fingerprint density at radius 3 is 2.58 bits per heavy atom. The molecule has 26 heavy (non-hydrogen) atoms. The summed E-state index contributed by atoms with van der Waals surface area (Å²) in [6.07, 6.45) is 0. The van der Waals surface area contributed by atoms with Crippen LogP contribution in [0.15, 0.2) is 59.1 Å². The van der Waals surface area contributed by atoms with Gasteiger partial charge in [-0.05, 0) is 30.3 Å². The van der Waals surface area contributed by atoms with Crippen LogP contribution in [-0.4, -0.2) is 42.1 Å². The zero-order valence-corrected chi connectivity index (χ0v) is 15.6. The van der Waals surface area contributed by atoms with Gasteiger partial charge < -0.3 is 14.4 Å². The maximum Gasteiger partial charge on any atom is 0.254 e. The molecule has 1 fully saturated rings. The van der Waals surface area contributed by atoms with Gasteiger partial charge in [-0.3, -0.25) is 4.79 Å². The summed E-state index contributed by atoms with van der Waals surface area (Å²) < 4.78 is 12.2. The average Bonchev–Trinajstić information content (AvgIpc) is 2.69. The van der Waals surface area contributed by atoms with E-state index in [4.69, 9.17) is 9.47 Å². The Bertz CT molecular complexity index is 937. The van der Waals surface area contributed by atoms with Crippen LogP contribution in [0, 0.1) is 0 Å². The molecule has 6 heteroatoms. The third-order valence-corrected chi connectivity index (χ3v) is 4.79. The number of nitrogens with zero attached hydrogens (tertiary/aromatic N) is 2. The van der Waals surface area contributed by atoms with Gasteiger partial charge in [0.25, 0.3) is 5.91 Å². The molecule has 3 aromatic rings. The monoisotopic (exact) mass is 412 g/mol. The zero-order valence-electron chi connectivity index (χ0n) is 14.0. The van der Waals surface area contributed by atoms with Gasteiger partial charge in [-0.15, -0.1) is 0 Å². The Kier molecular flexibility index (Phi) is 4.86. The van der Waals surface area contributed by atoms with Crippen LogP contribution >= 0.6 is 15.9 Å². The summed E-state index contributed by atoms with van der Waals surface area (Å²) in [6.45, 7) is 2.32. The number of fused-ring (bicyclic) bond motifs is 1. The van der Waals surface area contributed by atoms with E-state index in [0.29, 0.717) is 43.5 Å². The normalized spacial score (nSPS) is 14.4. The lowest BCUT2D eigenvalue weighted by Crippen LogP contribution is -2.40. The standard InChI is InChI=1S/C20H17BrN2O3/c21-14-5-7-15(8-6-14)26-19-13-17(16-3-1-2-4-18(16)22-19)20(24)23-9-11-25-12-10-23/h1-8,13H,9-12H2. The zero-order chi connectivity index (χ0) is 17.9. The molecule has 0 N–H and O–H groups in total. The van der Waals surface area contributed by atoms with Crippen LogP contribution in [-0.2, 0) is 4.74 Å². The fraction of sp³-hybridized carbons (Fsp3) is 0.200. The Labute approximate surface area is 159 Å². The van der Waals surface area contributed by atoms with Crippen LogP contribution < -0.4 is 4.74 Å². The van der Waals surface area contributed by atoms with Crippen molar-refractivity contribution in [1.82, 2.24) is 9.88 Å². The fourth-order valence-corrected chi connectivity index (χ4v) is 3.20. The Hall–Kier alpha value is -2.44. The van der Waals surface area contributed by atoms with Gasteiger partial charge in [-0.2, -0.15) is 0 Å². The Morgan fingerprint density at radius 1 is 1.08 bits per heavy atom. The minimum absolute atomic E-state index is 0.0208. The molecule has 0 saturated carbocycles. The molecule has 0 aliphatic carbocycles. The lowest BCUT2D eigenvalue weighted by atomic mass is 10.1. The fourth-order valence-electron chi connectivity index (χ4n) is 2.94. The van der Waals surface area contributed by atoms with Crippen molar-refractivity contribution in [3.8, 4) is 11.6 Å². The van der Waals surface area contributed by atoms with Crippen molar-refractivity contribution >= 4 is 32.7 Å². The molecule has 1 aliphatic heterocycles. The minimum Gasteiger partial charge on any atom is -0.439 e. The largest absolute Gasteiger partial charge is 0.439 e. The van der Waals surface area contributed by atoms with E-state index >= 15 is 0 Å². The molecule has 0 spiro atoms. The van der Waals surface area contributed by atoms with E-state index in [1.165, 1.54) is 0 Å². The van der Waals surface area contributed by atoms with E-state index in [9.17, 15) is 4.79 Å². The molecule has 0 bridgehead atoms. The maximum absolute atomic E-state index is 13.0. The van der Waals surface area contributed by atoms with Crippen LogP contribution in [0.25, 0.3) is 10.9 Å². The van der Waals surface area contributed by atoms with E-state index in [1.54, 1.807) is 6.07 Å². The molecule has 0 radical (unpaired) electrons. The lowest BCUT2D eigenvalue weighted by Gasteiger charge is -2.27. The van der Waals surface area contributed by atoms with E-state index in [-0.39, 0.29) is 5.91 Å². The first-order chi connectivity index (χ1) is 12.7. The topological polar surface area (TPSA) is 51.7 Å². The summed E-state index contributed by atoms with van der Waals surface area (Å²) in [5.74, 6) is 1.05. The first-order valence-corrected chi connectivity index (χ1v) is 9.20. The summed E-state index contributed by atoms with van der Waals surface area (Å²) in [4.78, 5) is 19.4. The molecular formula is C20H17BrN2O3. The van der Waals surface area contributed by atoms with Gasteiger partial charge in [0.1, 0.15) is 5.75 Å². The van der Waals surface area contributed by atoms with E-state index in [0.717, 1.165) is 15.4 Å². The molecule has 2 heterocycles. The highest BCUT2D eigenvalue weighted by molar-refractivity contribution is 9.10. The van der Waals surface area contributed by atoms with Crippen molar-refractivity contribution in [1.29, 1.82) is 0 Å². The predicted octanol–water partition coefficient (Wildman–Crippen LogP) is 4.26. The number of pyridine rings is 1. The number of aromatic nitrogens is 1. The lowest BCUT2D eigenvalue weighted by molar-refractivity contribution is 0.0304.